The molecule has 25 heavy (non-hydrogen) atoms. The fourth-order valence-corrected chi connectivity index (χ4v) is 4.28. The van der Waals surface area contributed by atoms with Crippen molar-refractivity contribution in [3.05, 3.63) is 35.8 Å². The van der Waals surface area contributed by atoms with Gasteiger partial charge in [0.05, 0.1) is 19.0 Å². The number of aromatic nitrogens is 1. The molecule has 1 aliphatic heterocycles. The Bertz CT molecular complexity index is 760. The van der Waals surface area contributed by atoms with Crippen molar-refractivity contribution in [3.63, 3.8) is 0 Å². The zero-order valence-corrected chi connectivity index (χ0v) is 15.7. The maximum absolute atomic E-state index is 11.8. The molecule has 2 aromatic rings. The third-order valence-corrected chi connectivity index (χ3v) is 6.43. The van der Waals surface area contributed by atoms with Crippen LogP contribution in [0.25, 0.3) is 10.6 Å². The van der Waals surface area contributed by atoms with E-state index in [1.165, 1.54) is 0 Å². The molecule has 0 saturated carbocycles. The molecule has 136 valence electrons. The Morgan fingerprint density at radius 1 is 1.36 bits per heavy atom. The van der Waals surface area contributed by atoms with Crippen molar-refractivity contribution < 1.29 is 17.9 Å². The molecule has 3 rings (SSSR count). The molecule has 8 heteroatoms. The number of benzene rings is 1. The fourth-order valence-electron chi connectivity index (χ4n) is 2.69. The molecule has 1 fully saturated rings. The van der Waals surface area contributed by atoms with Gasteiger partial charge < -0.3 is 9.47 Å². The van der Waals surface area contributed by atoms with Gasteiger partial charge in [-0.25, -0.2) is 18.1 Å². The van der Waals surface area contributed by atoms with Crippen LogP contribution in [0.1, 0.15) is 13.3 Å². The van der Waals surface area contributed by atoms with E-state index in [-0.39, 0.29) is 17.7 Å². The molecule has 1 saturated heterocycles. The van der Waals surface area contributed by atoms with Crippen LogP contribution < -0.4 is 9.46 Å². The lowest BCUT2D eigenvalue weighted by Crippen LogP contribution is -2.47. The quantitative estimate of drug-likeness (QED) is 0.796. The van der Waals surface area contributed by atoms with Gasteiger partial charge in [0.1, 0.15) is 10.8 Å². The molecular weight excluding hydrogens is 360 g/mol. The Morgan fingerprint density at radius 2 is 2.16 bits per heavy atom. The summed E-state index contributed by atoms with van der Waals surface area (Å²) in [6.07, 6.45) is 2.45. The summed E-state index contributed by atoms with van der Waals surface area (Å²) in [5.41, 5.74) is 1.05. The number of hydrogen-bond donors (Lipinski definition) is 1. The van der Waals surface area contributed by atoms with Gasteiger partial charge in [0.25, 0.3) is 0 Å². The molecule has 0 unspecified atom stereocenters. The molecule has 0 amide bonds. The van der Waals surface area contributed by atoms with E-state index in [9.17, 15) is 8.42 Å². The average molecular weight is 383 g/mol. The highest BCUT2D eigenvalue weighted by molar-refractivity contribution is 7.89. The SMILES string of the molecule is CCS(=O)(=O)N[C@H]1CCOC[C@@H]1COc1ccc(-c2nccs2)cc1. The molecule has 2 heterocycles. The molecule has 0 spiro atoms. The minimum Gasteiger partial charge on any atom is -0.493 e. The summed E-state index contributed by atoms with van der Waals surface area (Å²) in [7, 11) is -3.23. The molecule has 1 aromatic carbocycles. The summed E-state index contributed by atoms with van der Waals surface area (Å²) in [5.74, 6) is 0.826. The summed E-state index contributed by atoms with van der Waals surface area (Å²) >= 11 is 1.59. The van der Waals surface area contributed by atoms with Crippen LogP contribution in [0.4, 0.5) is 0 Å². The van der Waals surface area contributed by atoms with Crippen molar-refractivity contribution in [3.8, 4) is 16.3 Å². The van der Waals surface area contributed by atoms with E-state index in [0.717, 1.165) is 16.3 Å². The van der Waals surface area contributed by atoms with Gasteiger partial charge in [-0.2, -0.15) is 0 Å². The monoisotopic (exact) mass is 382 g/mol. The summed E-state index contributed by atoms with van der Waals surface area (Å²) in [5, 5.41) is 2.92. The number of sulfonamides is 1. The minimum absolute atomic E-state index is 0.00582. The van der Waals surface area contributed by atoms with E-state index < -0.39 is 10.0 Å². The van der Waals surface area contributed by atoms with Gasteiger partial charge in [0.15, 0.2) is 0 Å². The molecule has 1 N–H and O–H groups in total. The standard InChI is InChI=1S/C17H22N2O4S2/c1-2-25(20,21)19-16-7-9-22-11-14(16)12-23-15-5-3-13(4-6-15)17-18-8-10-24-17/h3-6,8,10,14,16,19H,2,7,9,11-12H2,1H3/t14-,16+/m1/s1. The maximum Gasteiger partial charge on any atom is 0.211 e. The third-order valence-electron chi connectivity index (χ3n) is 4.18. The molecule has 1 aliphatic rings. The average Bonchev–Trinajstić information content (AvgIpc) is 3.16. The van der Waals surface area contributed by atoms with Crippen LogP contribution in [0.5, 0.6) is 5.75 Å². The molecule has 2 atom stereocenters. The van der Waals surface area contributed by atoms with Crippen molar-refractivity contribution in [1.82, 2.24) is 9.71 Å². The van der Waals surface area contributed by atoms with Crippen LogP contribution in [-0.2, 0) is 14.8 Å². The Kier molecular flexibility index (Phi) is 6.06. The van der Waals surface area contributed by atoms with E-state index in [2.05, 4.69) is 9.71 Å². The van der Waals surface area contributed by atoms with Gasteiger partial charge in [0, 0.05) is 35.7 Å². The van der Waals surface area contributed by atoms with E-state index >= 15 is 0 Å². The number of thiazole rings is 1. The first kappa shape index (κ1) is 18.3. The van der Waals surface area contributed by atoms with Crippen molar-refractivity contribution in [2.45, 2.75) is 19.4 Å². The topological polar surface area (TPSA) is 77.5 Å². The molecule has 0 radical (unpaired) electrons. The smallest absolute Gasteiger partial charge is 0.211 e. The maximum atomic E-state index is 11.8. The first-order valence-electron chi connectivity index (χ1n) is 8.28. The Labute approximate surface area is 152 Å². The zero-order valence-electron chi connectivity index (χ0n) is 14.1. The number of nitrogens with one attached hydrogen (secondary N) is 1. The third kappa shape index (κ3) is 5.01. The van der Waals surface area contributed by atoms with Gasteiger partial charge in [-0.3, -0.25) is 0 Å². The lowest BCUT2D eigenvalue weighted by molar-refractivity contribution is 0.0186. The van der Waals surface area contributed by atoms with Crippen LogP contribution in [0.15, 0.2) is 35.8 Å². The fraction of sp³-hybridized carbons (Fsp3) is 0.471. The Hall–Kier alpha value is -1.48. The van der Waals surface area contributed by atoms with Crippen LogP contribution in [0.3, 0.4) is 0 Å². The highest BCUT2D eigenvalue weighted by Gasteiger charge is 2.29. The van der Waals surface area contributed by atoms with Crippen molar-refractivity contribution in [2.24, 2.45) is 5.92 Å². The summed E-state index contributed by atoms with van der Waals surface area (Å²) < 4.78 is 37.8. The molecule has 1 aromatic heterocycles. The van der Waals surface area contributed by atoms with Crippen molar-refractivity contribution in [2.75, 3.05) is 25.6 Å². The lowest BCUT2D eigenvalue weighted by atomic mass is 9.98. The second-order valence-electron chi connectivity index (χ2n) is 5.92. The lowest BCUT2D eigenvalue weighted by Gasteiger charge is -2.31. The van der Waals surface area contributed by atoms with E-state index in [4.69, 9.17) is 9.47 Å². The van der Waals surface area contributed by atoms with Gasteiger partial charge in [-0.1, -0.05) is 0 Å². The normalized spacial score (nSPS) is 21.2. The van der Waals surface area contributed by atoms with E-state index in [1.807, 2.05) is 29.6 Å². The van der Waals surface area contributed by atoms with Gasteiger partial charge in [-0.15, -0.1) is 11.3 Å². The first-order chi connectivity index (χ1) is 12.1. The van der Waals surface area contributed by atoms with Gasteiger partial charge >= 0.3 is 0 Å². The second kappa shape index (κ2) is 8.27. The van der Waals surface area contributed by atoms with E-state index in [0.29, 0.717) is 26.2 Å². The highest BCUT2D eigenvalue weighted by Crippen LogP contribution is 2.25. The Morgan fingerprint density at radius 3 is 2.84 bits per heavy atom. The Balaban J connectivity index is 1.59. The predicted octanol–water partition coefficient (Wildman–Crippen LogP) is 2.53. The van der Waals surface area contributed by atoms with Crippen LogP contribution in [0, 0.1) is 5.92 Å². The number of ether oxygens (including phenoxy) is 2. The second-order valence-corrected chi connectivity index (χ2v) is 8.86. The summed E-state index contributed by atoms with van der Waals surface area (Å²) in [6.45, 7) is 3.11. The van der Waals surface area contributed by atoms with Gasteiger partial charge in [-0.05, 0) is 37.6 Å². The van der Waals surface area contributed by atoms with E-state index in [1.54, 1.807) is 24.5 Å². The molecule has 0 aliphatic carbocycles. The van der Waals surface area contributed by atoms with Crippen LogP contribution in [0.2, 0.25) is 0 Å². The first-order valence-corrected chi connectivity index (χ1v) is 10.8. The van der Waals surface area contributed by atoms with Gasteiger partial charge in [0.2, 0.25) is 10.0 Å². The summed E-state index contributed by atoms with van der Waals surface area (Å²) in [6, 6.07) is 7.62. The van der Waals surface area contributed by atoms with Crippen molar-refractivity contribution >= 4 is 21.4 Å². The zero-order chi connectivity index (χ0) is 17.7. The summed E-state index contributed by atoms with van der Waals surface area (Å²) in [4.78, 5) is 4.28. The van der Waals surface area contributed by atoms with Crippen LogP contribution in [-0.4, -0.2) is 45.0 Å². The predicted molar refractivity (Wildman–Crippen MR) is 98.4 cm³/mol. The molecule has 6 nitrogen and oxygen atoms in total. The molecular formula is C17H22N2O4S2. The highest BCUT2D eigenvalue weighted by atomic mass is 32.2. The number of hydrogen-bond acceptors (Lipinski definition) is 6. The number of rotatable bonds is 7. The van der Waals surface area contributed by atoms with Crippen LogP contribution >= 0.6 is 11.3 Å². The largest absolute Gasteiger partial charge is 0.493 e. The number of nitrogens with zero attached hydrogens (tertiary/aromatic N) is 1. The molecule has 0 bridgehead atoms. The minimum atomic E-state index is -3.23. The van der Waals surface area contributed by atoms with Crippen molar-refractivity contribution in [1.29, 1.82) is 0 Å².